The number of hydrogen-bond acceptors (Lipinski definition) is 2. The molecule has 3 rings (SSSR count). The molecule has 0 radical (unpaired) electrons. The highest BCUT2D eigenvalue weighted by molar-refractivity contribution is 6.40. The van der Waals surface area contributed by atoms with Crippen LogP contribution in [0.4, 0.5) is 0 Å². The molecule has 5 heteroatoms. The third-order valence-electron chi connectivity index (χ3n) is 5.00. The van der Waals surface area contributed by atoms with Gasteiger partial charge in [0.2, 0.25) is 0 Å². The summed E-state index contributed by atoms with van der Waals surface area (Å²) in [6, 6.07) is 3.28. The number of benzene rings is 1. The fourth-order valence-electron chi connectivity index (χ4n) is 3.72. The molecule has 2 aliphatic rings. The van der Waals surface area contributed by atoms with Gasteiger partial charge in [0.05, 0.1) is 16.1 Å². The molecule has 0 bridgehead atoms. The van der Waals surface area contributed by atoms with Crippen LogP contribution in [-0.4, -0.2) is 17.3 Å². The van der Waals surface area contributed by atoms with Crippen molar-refractivity contribution in [1.29, 1.82) is 0 Å². The number of ether oxygens (including phenoxy) is 1. The number of halogens is 3. The lowest BCUT2D eigenvalue weighted by Crippen LogP contribution is -2.59. The topological polar surface area (TPSA) is 29.5 Å². The van der Waals surface area contributed by atoms with Gasteiger partial charge < -0.3 is 9.84 Å². The quantitative estimate of drug-likeness (QED) is 0.764. The third kappa shape index (κ3) is 2.88. The Morgan fingerprint density at radius 3 is 2.10 bits per heavy atom. The second-order valence-corrected chi connectivity index (χ2v) is 7.45. The number of rotatable bonds is 2. The molecule has 0 heterocycles. The van der Waals surface area contributed by atoms with Crippen LogP contribution in [0.15, 0.2) is 12.1 Å². The van der Waals surface area contributed by atoms with E-state index in [1.165, 1.54) is 12.8 Å². The molecule has 2 aliphatic carbocycles. The van der Waals surface area contributed by atoms with Crippen molar-refractivity contribution in [3.05, 3.63) is 27.2 Å². The van der Waals surface area contributed by atoms with E-state index in [-0.39, 0.29) is 17.6 Å². The van der Waals surface area contributed by atoms with Crippen molar-refractivity contribution in [1.82, 2.24) is 0 Å². The summed E-state index contributed by atoms with van der Waals surface area (Å²) < 4.78 is 6.10. The Balaban J connectivity index is 1.82. The van der Waals surface area contributed by atoms with E-state index in [2.05, 4.69) is 0 Å². The average Bonchev–Trinajstić information content (AvgIpc) is 2.69. The lowest BCUT2D eigenvalue weighted by atomic mass is 9.59. The van der Waals surface area contributed by atoms with Crippen LogP contribution < -0.4 is 4.74 Å². The summed E-state index contributed by atoms with van der Waals surface area (Å²) in [4.78, 5) is 0. The number of hydrogen-bond donors (Lipinski definition) is 1. The Labute approximate surface area is 140 Å². The molecule has 1 spiro atoms. The SMILES string of the molecule is OC1CC(Oc2c(Cl)cc(Cl)cc2Cl)C12CCCCCC2. The van der Waals surface area contributed by atoms with Crippen molar-refractivity contribution in [3.63, 3.8) is 0 Å². The summed E-state index contributed by atoms with van der Waals surface area (Å²) in [7, 11) is 0. The summed E-state index contributed by atoms with van der Waals surface area (Å²) in [5, 5.41) is 11.7. The standard InChI is InChI=1S/C16H19Cl3O2/c17-10-7-11(18)15(12(19)8-10)21-14-9-13(20)16(14)5-3-1-2-4-6-16/h7-8,13-14,20H,1-6,9H2. The molecule has 0 aliphatic heterocycles. The highest BCUT2D eigenvalue weighted by atomic mass is 35.5. The Kier molecular flexibility index (Phi) is 4.61. The molecule has 0 aromatic heterocycles. The van der Waals surface area contributed by atoms with E-state index in [4.69, 9.17) is 39.5 Å². The molecule has 2 nitrogen and oxygen atoms in total. The van der Waals surface area contributed by atoms with Crippen LogP contribution in [0.5, 0.6) is 5.75 Å². The minimum atomic E-state index is -0.273. The molecule has 0 amide bonds. The van der Waals surface area contributed by atoms with Crippen molar-refractivity contribution >= 4 is 34.8 Å². The van der Waals surface area contributed by atoms with Gasteiger partial charge in [-0.1, -0.05) is 60.5 Å². The van der Waals surface area contributed by atoms with Crippen LogP contribution >= 0.6 is 34.8 Å². The first kappa shape index (κ1) is 15.7. The smallest absolute Gasteiger partial charge is 0.157 e. The molecular weight excluding hydrogens is 331 g/mol. The first-order valence-corrected chi connectivity index (χ1v) is 8.65. The van der Waals surface area contributed by atoms with Crippen LogP contribution in [0.1, 0.15) is 44.9 Å². The Hall–Kier alpha value is -0.150. The van der Waals surface area contributed by atoms with E-state index in [0.29, 0.717) is 27.2 Å². The van der Waals surface area contributed by atoms with E-state index in [1.54, 1.807) is 12.1 Å². The summed E-state index contributed by atoms with van der Waals surface area (Å²) in [6.45, 7) is 0. The maximum atomic E-state index is 10.3. The molecule has 1 aromatic carbocycles. The molecule has 0 saturated heterocycles. The van der Waals surface area contributed by atoms with Crippen molar-refractivity contribution in [2.45, 2.75) is 57.2 Å². The maximum Gasteiger partial charge on any atom is 0.157 e. The fourth-order valence-corrected chi connectivity index (χ4v) is 4.62. The van der Waals surface area contributed by atoms with E-state index in [1.807, 2.05) is 0 Å². The Morgan fingerprint density at radius 1 is 1.00 bits per heavy atom. The van der Waals surface area contributed by atoms with Crippen LogP contribution in [0.25, 0.3) is 0 Å². The van der Waals surface area contributed by atoms with Gasteiger partial charge in [-0.15, -0.1) is 0 Å². The lowest BCUT2D eigenvalue weighted by molar-refractivity contribution is -0.163. The van der Waals surface area contributed by atoms with E-state index in [9.17, 15) is 5.11 Å². The van der Waals surface area contributed by atoms with Crippen molar-refractivity contribution in [2.75, 3.05) is 0 Å². The molecular formula is C16H19Cl3O2. The van der Waals surface area contributed by atoms with Crippen molar-refractivity contribution < 1.29 is 9.84 Å². The van der Waals surface area contributed by atoms with E-state index in [0.717, 1.165) is 25.7 Å². The zero-order valence-electron chi connectivity index (χ0n) is 11.7. The maximum absolute atomic E-state index is 10.3. The van der Waals surface area contributed by atoms with Crippen molar-refractivity contribution in [3.8, 4) is 5.75 Å². The molecule has 2 unspecified atom stereocenters. The fraction of sp³-hybridized carbons (Fsp3) is 0.625. The monoisotopic (exact) mass is 348 g/mol. The van der Waals surface area contributed by atoms with Gasteiger partial charge in [-0.2, -0.15) is 0 Å². The second-order valence-electron chi connectivity index (χ2n) is 6.20. The molecule has 2 saturated carbocycles. The molecule has 2 fully saturated rings. The first-order valence-electron chi connectivity index (χ1n) is 7.52. The van der Waals surface area contributed by atoms with Gasteiger partial charge in [0.1, 0.15) is 6.10 Å². The van der Waals surface area contributed by atoms with Crippen molar-refractivity contribution in [2.24, 2.45) is 5.41 Å². The summed E-state index contributed by atoms with van der Waals surface area (Å²) in [5.41, 5.74) is -0.122. The predicted molar refractivity (Wildman–Crippen MR) is 86.6 cm³/mol. The van der Waals surface area contributed by atoms with Gasteiger partial charge in [-0.05, 0) is 25.0 Å². The van der Waals surface area contributed by atoms with Crippen LogP contribution in [-0.2, 0) is 0 Å². The Bertz CT molecular complexity index is 501. The minimum absolute atomic E-state index is 0.0122. The van der Waals surface area contributed by atoms with E-state index < -0.39 is 0 Å². The van der Waals surface area contributed by atoms with Crippen LogP contribution in [0, 0.1) is 5.41 Å². The number of aliphatic hydroxyl groups is 1. The minimum Gasteiger partial charge on any atom is -0.487 e. The van der Waals surface area contributed by atoms with Gasteiger partial charge in [0.25, 0.3) is 0 Å². The molecule has 1 N–H and O–H groups in total. The highest BCUT2D eigenvalue weighted by Crippen LogP contribution is 2.53. The van der Waals surface area contributed by atoms with Gasteiger partial charge in [0, 0.05) is 16.9 Å². The normalized spacial score (nSPS) is 28.0. The molecule has 2 atom stereocenters. The molecule has 21 heavy (non-hydrogen) atoms. The molecule has 1 aromatic rings. The lowest BCUT2D eigenvalue weighted by Gasteiger charge is -2.53. The van der Waals surface area contributed by atoms with Gasteiger partial charge in [-0.3, -0.25) is 0 Å². The van der Waals surface area contributed by atoms with Crippen LogP contribution in [0.2, 0.25) is 15.1 Å². The zero-order chi connectivity index (χ0) is 15.0. The Morgan fingerprint density at radius 2 is 1.57 bits per heavy atom. The first-order chi connectivity index (χ1) is 10.0. The van der Waals surface area contributed by atoms with Gasteiger partial charge >= 0.3 is 0 Å². The summed E-state index contributed by atoms with van der Waals surface area (Å²) in [5.74, 6) is 0.489. The average molecular weight is 350 g/mol. The van der Waals surface area contributed by atoms with Crippen LogP contribution in [0.3, 0.4) is 0 Å². The van der Waals surface area contributed by atoms with Gasteiger partial charge in [0.15, 0.2) is 5.75 Å². The van der Waals surface area contributed by atoms with E-state index >= 15 is 0 Å². The largest absolute Gasteiger partial charge is 0.487 e. The molecule has 116 valence electrons. The number of aliphatic hydroxyl groups excluding tert-OH is 1. The predicted octanol–water partition coefficient (Wildman–Crippen LogP) is 5.50. The van der Waals surface area contributed by atoms with Gasteiger partial charge in [-0.25, -0.2) is 0 Å². The summed E-state index contributed by atoms with van der Waals surface area (Å²) >= 11 is 18.3. The second kappa shape index (κ2) is 6.16. The highest BCUT2D eigenvalue weighted by Gasteiger charge is 2.55. The summed E-state index contributed by atoms with van der Waals surface area (Å²) in [6.07, 6.45) is 7.18. The zero-order valence-corrected chi connectivity index (χ0v) is 14.0. The third-order valence-corrected chi connectivity index (χ3v) is 5.78.